The van der Waals surface area contributed by atoms with E-state index in [1.807, 2.05) is 17.5 Å². The van der Waals surface area contributed by atoms with Gasteiger partial charge in [0.25, 0.3) is 0 Å². The number of aromatic nitrogens is 1. The molecule has 0 unspecified atom stereocenters. The lowest BCUT2D eigenvalue weighted by Gasteiger charge is -2.14. The van der Waals surface area contributed by atoms with Crippen molar-refractivity contribution in [2.24, 2.45) is 0 Å². The highest BCUT2D eigenvalue weighted by Crippen LogP contribution is 2.35. The first-order valence-corrected chi connectivity index (χ1v) is 5.59. The van der Waals surface area contributed by atoms with Crippen LogP contribution in [-0.2, 0) is 0 Å². The van der Waals surface area contributed by atoms with E-state index in [9.17, 15) is 0 Å². The van der Waals surface area contributed by atoms with E-state index >= 15 is 0 Å². The molecule has 2 aromatic rings. The van der Waals surface area contributed by atoms with Crippen LogP contribution in [0.3, 0.4) is 0 Å². The van der Waals surface area contributed by atoms with Crippen molar-refractivity contribution in [2.45, 2.75) is 0 Å². The molecule has 4 heteroatoms. The normalized spacial score (nSPS) is 14.1. The Kier molecular flexibility index (Phi) is 1.75. The van der Waals surface area contributed by atoms with Crippen LogP contribution < -0.4 is 5.32 Å². The fraction of sp³-hybridized carbons (Fsp3) is 0.100. The summed E-state index contributed by atoms with van der Waals surface area (Å²) in [6.45, 7) is 0.859. The molecule has 0 bridgehead atoms. The van der Waals surface area contributed by atoms with Crippen LogP contribution >= 0.6 is 22.9 Å². The minimum absolute atomic E-state index is 0.582. The van der Waals surface area contributed by atoms with Gasteiger partial charge in [-0.05, 0) is 11.4 Å². The Balaban J connectivity index is 2.46. The van der Waals surface area contributed by atoms with Crippen molar-refractivity contribution in [1.29, 1.82) is 0 Å². The molecule has 0 spiro atoms. The molecule has 0 aliphatic carbocycles. The van der Waals surface area contributed by atoms with Gasteiger partial charge in [-0.1, -0.05) is 23.8 Å². The number of hydrogen-bond donors (Lipinski definition) is 1. The Morgan fingerprint density at radius 3 is 3.36 bits per heavy atom. The van der Waals surface area contributed by atoms with Gasteiger partial charge in [0.1, 0.15) is 9.98 Å². The molecule has 1 aliphatic rings. The minimum Gasteiger partial charge on any atom is -0.380 e. The van der Waals surface area contributed by atoms with Crippen LogP contribution in [0.4, 0.5) is 5.69 Å². The summed E-state index contributed by atoms with van der Waals surface area (Å²) in [6.07, 6.45) is 4.08. The third kappa shape index (κ3) is 1.06. The van der Waals surface area contributed by atoms with Crippen molar-refractivity contribution < 1.29 is 0 Å². The average molecular weight is 223 g/mol. The first-order valence-electron chi connectivity index (χ1n) is 4.33. The van der Waals surface area contributed by atoms with Gasteiger partial charge < -0.3 is 5.32 Å². The molecule has 0 saturated carbocycles. The van der Waals surface area contributed by atoms with Gasteiger partial charge in [0, 0.05) is 17.5 Å². The predicted molar refractivity (Wildman–Crippen MR) is 62.2 cm³/mol. The highest BCUT2D eigenvalue weighted by molar-refractivity contribution is 7.16. The third-order valence-electron chi connectivity index (χ3n) is 2.29. The molecule has 14 heavy (non-hydrogen) atoms. The lowest BCUT2D eigenvalue weighted by Crippen LogP contribution is -2.05. The van der Waals surface area contributed by atoms with Crippen molar-refractivity contribution in [1.82, 2.24) is 4.98 Å². The highest BCUT2D eigenvalue weighted by Gasteiger charge is 2.13. The molecule has 0 fully saturated rings. The smallest absolute Gasteiger partial charge is 0.140 e. The van der Waals surface area contributed by atoms with Crippen LogP contribution in [0.1, 0.15) is 5.56 Å². The number of thiophene rings is 1. The number of hydrogen-bond acceptors (Lipinski definition) is 3. The van der Waals surface area contributed by atoms with E-state index in [0.29, 0.717) is 5.15 Å². The fourth-order valence-corrected chi connectivity index (χ4v) is 2.72. The number of anilines is 1. The number of rotatable bonds is 0. The maximum absolute atomic E-state index is 6.08. The topological polar surface area (TPSA) is 24.9 Å². The maximum atomic E-state index is 6.08. The van der Waals surface area contributed by atoms with Crippen molar-refractivity contribution in [3.63, 3.8) is 0 Å². The summed E-state index contributed by atoms with van der Waals surface area (Å²) in [6, 6.07) is 2.08. The SMILES string of the molecule is Clc1nc2sccc2c2c1C=CCN2. The molecule has 0 aromatic carbocycles. The minimum atomic E-state index is 0.582. The summed E-state index contributed by atoms with van der Waals surface area (Å²) in [5.74, 6) is 0. The standard InChI is InChI=1S/C10H7ClN2S/c11-9-6-2-1-4-12-8(6)7-3-5-14-10(7)13-9/h1-3,5,12H,4H2. The third-order valence-corrected chi connectivity index (χ3v) is 3.38. The molecular weight excluding hydrogens is 216 g/mol. The van der Waals surface area contributed by atoms with E-state index in [1.54, 1.807) is 11.3 Å². The summed E-state index contributed by atoms with van der Waals surface area (Å²) in [5.41, 5.74) is 2.12. The highest BCUT2D eigenvalue weighted by atomic mass is 35.5. The second-order valence-electron chi connectivity index (χ2n) is 3.11. The van der Waals surface area contributed by atoms with Gasteiger partial charge in [0.15, 0.2) is 0 Å². The lowest BCUT2D eigenvalue weighted by molar-refractivity contribution is 1.30. The molecular formula is C10H7ClN2S. The molecule has 1 N–H and O–H groups in total. The molecule has 2 nitrogen and oxygen atoms in total. The molecule has 3 heterocycles. The zero-order valence-electron chi connectivity index (χ0n) is 7.25. The van der Waals surface area contributed by atoms with Crippen LogP contribution in [0.25, 0.3) is 16.3 Å². The van der Waals surface area contributed by atoms with E-state index in [0.717, 1.165) is 22.6 Å². The average Bonchev–Trinajstić information content (AvgIpc) is 2.66. The van der Waals surface area contributed by atoms with Gasteiger partial charge >= 0.3 is 0 Å². The summed E-state index contributed by atoms with van der Waals surface area (Å²) >= 11 is 7.70. The number of nitrogens with zero attached hydrogens (tertiary/aromatic N) is 1. The van der Waals surface area contributed by atoms with Gasteiger partial charge in [-0.3, -0.25) is 0 Å². The first kappa shape index (κ1) is 8.26. The molecule has 1 aliphatic heterocycles. The van der Waals surface area contributed by atoms with E-state index in [1.165, 1.54) is 5.39 Å². The zero-order valence-corrected chi connectivity index (χ0v) is 8.82. The maximum Gasteiger partial charge on any atom is 0.140 e. The molecule has 2 aromatic heterocycles. The Labute approximate surface area is 90.2 Å². The Bertz CT molecular complexity index is 530. The van der Waals surface area contributed by atoms with Crippen LogP contribution in [0.5, 0.6) is 0 Å². The molecule has 70 valence electrons. The number of pyridine rings is 1. The van der Waals surface area contributed by atoms with Crippen LogP contribution in [-0.4, -0.2) is 11.5 Å². The quantitative estimate of drug-likeness (QED) is 0.692. The Morgan fingerprint density at radius 2 is 2.43 bits per heavy atom. The van der Waals surface area contributed by atoms with Crippen molar-refractivity contribution in [3.05, 3.63) is 28.2 Å². The summed E-state index contributed by atoms with van der Waals surface area (Å²) in [4.78, 5) is 5.34. The van der Waals surface area contributed by atoms with Gasteiger partial charge in [-0.25, -0.2) is 4.98 Å². The lowest BCUT2D eigenvalue weighted by atomic mass is 10.1. The van der Waals surface area contributed by atoms with Gasteiger partial charge in [0.2, 0.25) is 0 Å². The Hall–Kier alpha value is -1.06. The largest absolute Gasteiger partial charge is 0.380 e. The molecule has 0 atom stereocenters. The number of fused-ring (bicyclic) bond motifs is 3. The van der Waals surface area contributed by atoms with E-state index in [-0.39, 0.29) is 0 Å². The van der Waals surface area contributed by atoms with Gasteiger partial charge in [0.05, 0.1) is 5.69 Å². The molecule has 0 saturated heterocycles. The summed E-state index contributed by atoms with van der Waals surface area (Å²) in [5, 5.41) is 7.11. The monoisotopic (exact) mass is 222 g/mol. The molecule has 0 amide bonds. The van der Waals surface area contributed by atoms with Crippen molar-refractivity contribution >= 4 is 44.9 Å². The molecule has 3 rings (SSSR count). The summed E-state index contributed by atoms with van der Waals surface area (Å²) < 4.78 is 0. The fourth-order valence-electron chi connectivity index (χ4n) is 1.66. The van der Waals surface area contributed by atoms with Crippen molar-refractivity contribution in [2.75, 3.05) is 11.9 Å². The second-order valence-corrected chi connectivity index (χ2v) is 4.37. The Morgan fingerprint density at radius 1 is 1.50 bits per heavy atom. The molecule has 0 radical (unpaired) electrons. The predicted octanol–water partition coefficient (Wildman–Crippen LogP) is 3.39. The van der Waals surface area contributed by atoms with Gasteiger partial charge in [-0.15, -0.1) is 11.3 Å². The van der Waals surface area contributed by atoms with E-state index in [4.69, 9.17) is 11.6 Å². The van der Waals surface area contributed by atoms with Crippen LogP contribution in [0.15, 0.2) is 17.5 Å². The second kappa shape index (κ2) is 2.97. The zero-order chi connectivity index (χ0) is 9.54. The van der Waals surface area contributed by atoms with E-state index < -0.39 is 0 Å². The number of halogens is 1. The van der Waals surface area contributed by atoms with Crippen LogP contribution in [0.2, 0.25) is 5.15 Å². The van der Waals surface area contributed by atoms with Crippen molar-refractivity contribution in [3.8, 4) is 0 Å². The van der Waals surface area contributed by atoms with Crippen LogP contribution in [0, 0.1) is 0 Å². The van der Waals surface area contributed by atoms with Gasteiger partial charge in [-0.2, -0.15) is 0 Å². The number of nitrogens with one attached hydrogen (secondary N) is 1. The summed E-state index contributed by atoms with van der Waals surface area (Å²) in [7, 11) is 0. The first-order chi connectivity index (χ1) is 6.86. The van der Waals surface area contributed by atoms with E-state index in [2.05, 4.69) is 16.4 Å².